The predicted molar refractivity (Wildman–Crippen MR) is 67.1 cm³/mol. The molecule has 2 aliphatic carbocycles. The lowest BCUT2D eigenvalue weighted by Crippen LogP contribution is -2.77. The summed E-state index contributed by atoms with van der Waals surface area (Å²) in [6.45, 7) is 7.22. The van der Waals surface area contributed by atoms with Gasteiger partial charge in [-0.25, -0.2) is 4.79 Å². The molecule has 3 fully saturated rings. The van der Waals surface area contributed by atoms with Crippen molar-refractivity contribution in [2.24, 2.45) is 10.8 Å². The van der Waals surface area contributed by atoms with Crippen LogP contribution in [-0.2, 0) is 4.74 Å². The summed E-state index contributed by atoms with van der Waals surface area (Å²) in [5, 5.41) is 10.00. The summed E-state index contributed by atoms with van der Waals surface area (Å²) >= 11 is 0. The summed E-state index contributed by atoms with van der Waals surface area (Å²) in [4.78, 5) is 13.7. The molecule has 1 atom stereocenters. The lowest BCUT2D eigenvalue weighted by Gasteiger charge is -2.73. The fraction of sp³-hybridized carbons (Fsp3) is 0.929. The third-order valence-corrected chi connectivity index (χ3v) is 5.16. The molecule has 0 aromatic heterocycles. The van der Waals surface area contributed by atoms with Crippen molar-refractivity contribution in [3.05, 3.63) is 0 Å². The van der Waals surface area contributed by atoms with Crippen molar-refractivity contribution in [2.75, 3.05) is 13.1 Å². The van der Waals surface area contributed by atoms with Crippen molar-refractivity contribution in [3.63, 3.8) is 0 Å². The minimum atomic E-state index is -0.423. The van der Waals surface area contributed by atoms with Gasteiger partial charge >= 0.3 is 6.09 Å². The van der Waals surface area contributed by atoms with Crippen LogP contribution < -0.4 is 0 Å². The Bertz CT molecular complexity index is 375. The molecule has 1 N–H and O–H groups in total. The van der Waals surface area contributed by atoms with Crippen molar-refractivity contribution in [1.82, 2.24) is 4.90 Å². The number of amides is 1. The summed E-state index contributed by atoms with van der Waals surface area (Å²) in [7, 11) is 0. The van der Waals surface area contributed by atoms with E-state index in [1.807, 2.05) is 20.8 Å². The average molecular weight is 253 g/mol. The van der Waals surface area contributed by atoms with Gasteiger partial charge in [0.15, 0.2) is 0 Å². The van der Waals surface area contributed by atoms with E-state index in [9.17, 15) is 9.90 Å². The molecule has 2 saturated carbocycles. The number of ether oxygens (including phenoxy) is 1. The minimum absolute atomic E-state index is 0.132. The molecule has 0 aromatic carbocycles. The molecule has 1 amide bonds. The average Bonchev–Trinajstić information content (AvgIpc) is 2.03. The molecule has 3 rings (SSSR count). The van der Waals surface area contributed by atoms with E-state index in [-0.39, 0.29) is 23.0 Å². The summed E-state index contributed by atoms with van der Waals surface area (Å²) < 4.78 is 5.37. The van der Waals surface area contributed by atoms with Gasteiger partial charge in [0.1, 0.15) is 5.60 Å². The molecule has 1 unspecified atom stereocenters. The number of hydrogen-bond donors (Lipinski definition) is 1. The Morgan fingerprint density at radius 1 is 1.33 bits per heavy atom. The maximum atomic E-state index is 11.9. The largest absolute Gasteiger partial charge is 0.444 e. The third kappa shape index (κ3) is 1.44. The summed E-state index contributed by atoms with van der Waals surface area (Å²) in [6.07, 6.45) is 4.03. The molecular weight excluding hydrogens is 230 g/mol. The van der Waals surface area contributed by atoms with E-state index in [2.05, 4.69) is 0 Å². The van der Waals surface area contributed by atoms with Gasteiger partial charge in [-0.2, -0.15) is 0 Å². The highest BCUT2D eigenvalue weighted by atomic mass is 16.6. The van der Waals surface area contributed by atoms with Gasteiger partial charge in [0.25, 0.3) is 0 Å². The lowest BCUT2D eigenvalue weighted by molar-refractivity contribution is -0.277. The Kier molecular flexibility index (Phi) is 2.32. The molecule has 0 bridgehead atoms. The van der Waals surface area contributed by atoms with Crippen molar-refractivity contribution < 1.29 is 14.6 Å². The van der Waals surface area contributed by atoms with Crippen molar-refractivity contribution >= 4 is 6.09 Å². The quantitative estimate of drug-likeness (QED) is 0.719. The number of likely N-dealkylation sites (tertiary alicyclic amines) is 1. The van der Waals surface area contributed by atoms with Crippen molar-refractivity contribution in [1.29, 1.82) is 0 Å². The second kappa shape index (κ2) is 3.41. The SMILES string of the molecule is CC(C)(C)OC(=O)N1CC2(CC(O)C23CCC3)C1. The molecule has 0 aromatic rings. The van der Waals surface area contributed by atoms with E-state index < -0.39 is 5.60 Å². The minimum Gasteiger partial charge on any atom is -0.444 e. The van der Waals surface area contributed by atoms with E-state index in [1.165, 1.54) is 6.42 Å². The standard InChI is InChI=1S/C14H23NO3/c1-12(2,3)18-11(17)15-8-13(9-15)7-10(16)14(13)5-4-6-14/h10,16H,4-9H2,1-3H3. The Labute approximate surface area is 108 Å². The second-order valence-electron chi connectivity index (χ2n) is 7.35. The van der Waals surface area contributed by atoms with Crippen LogP contribution in [0.5, 0.6) is 0 Å². The summed E-state index contributed by atoms with van der Waals surface area (Å²) in [5.74, 6) is 0. The molecule has 0 radical (unpaired) electrons. The van der Waals surface area contributed by atoms with Gasteiger partial charge in [-0.3, -0.25) is 0 Å². The highest BCUT2D eigenvalue weighted by molar-refractivity contribution is 5.69. The molecule has 2 spiro atoms. The first-order valence-corrected chi connectivity index (χ1v) is 6.94. The number of nitrogens with zero attached hydrogens (tertiary/aromatic N) is 1. The van der Waals surface area contributed by atoms with Gasteiger partial charge in [-0.15, -0.1) is 0 Å². The molecule has 102 valence electrons. The zero-order valence-electron chi connectivity index (χ0n) is 11.5. The molecule has 1 heterocycles. The fourth-order valence-electron chi connectivity index (χ4n) is 4.00. The number of hydrogen-bond acceptors (Lipinski definition) is 3. The van der Waals surface area contributed by atoms with E-state index in [4.69, 9.17) is 4.74 Å². The van der Waals surface area contributed by atoms with E-state index in [0.29, 0.717) is 0 Å². The van der Waals surface area contributed by atoms with Gasteiger partial charge in [0.05, 0.1) is 6.10 Å². The smallest absolute Gasteiger partial charge is 0.410 e. The van der Waals surface area contributed by atoms with E-state index >= 15 is 0 Å². The molecule has 4 heteroatoms. The molecule has 1 aliphatic heterocycles. The second-order valence-corrected chi connectivity index (χ2v) is 7.35. The zero-order chi connectivity index (χ0) is 13.2. The fourth-order valence-corrected chi connectivity index (χ4v) is 4.00. The van der Waals surface area contributed by atoms with Gasteiger partial charge in [0.2, 0.25) is 0 Å². The Morgan fingerprint density at radius 2 is 1.94 bits per heavy atom. The first-order valence-electron chi connectivity index (χ1n) is 6.94. The summed E-state index contributed by atoms with van der Waals surface area (Å²) in [5.41, 5.74) is -0.0692. The number of carbonyl (C=O) groups is 1. The van der Waals surface area contributed by atoms with Crippen molar-refractivity contribution in [3.8, 4) is 0 Å². The van der Waals surface area contributed by atoms with Crippen LogP contribution in [0.2, 0.25) is 0 Å². The van der Waals surface area contributed by atoms with Gasteiger partial charge < -0.3 is 14.7 Å². The Balaban J connectivity index is 1.59. The van der Waals surface area contributed by atoms with Crippen LogP contribution in [0.4, 0.5) is 4.79 Å². The number of carbonyl (C=O) groups excluding carboxylic acids is 1. The summed E-state index contributed by atoms with van der Waals surface area (Å²) in [6, 6.07) is 0. The Hall–Kier alpha value is -0.770. The predicted octanol–water partition coefficient (Wildman–Crippen LogP) is 2.16. The van der Waals surface area contributed by atoms with Crippen LogP contribution in [0.15, 0.2) is 0 Å². The maximum absolute atomic E-state index is 11.9. The molecule has 4 nitrogen and oxygen atoms in total. The van der Waals surface area contributed by atoms with Crippen molar-refractivity contribution in [2.45, 2.75) is 58.2 Å². The normalized spacial score (nSPS) is 31.6. The molecular formula is C14H23NO3. The number of fused-ring (bicyclic) bond motifs is 1. The Morgan fingerprint density at radius 3 is 2.33 bits per heavy atom. The maximum Gasteiger partial charge on any atom is 0.410 e. The van der Waals surface area contributed by atoms with Crippen LogP contribution in [0, 0.1) is 10.8 Å². The van der Waals surface area contributed by atoms with Gasteiger partial charge in [0, 0.05) is 23.9 Å². The molecule has 3 aliphatic rings. The zero-order valence-corrected chi connectivity index (χ0v) is 11.5. The van der Waals surface area contributed by atoms with E-state index in [0.717, 1.165) is 32.4 Å². The topological polar surface area (TPSA) is 49.8 Å². The van der Waals surface area contributed by atoms with Gasteiger partial charge in [-0.05, 0) is 40.0 Å². The molecule has 1 saturated heterocycles. The molecule has 18 heavy (non-hydrogen) atoms. The number of aliphatic hydroxyl groups excluding tert-OH is 1. The van der Waals surface area contributed by atoms with Crippen LogP contribution in [0.25, 0.3) is 0 Å². The lowest BCUT2D eigenvalue weighted by atomic mass is 9.37. The van der Waals surface area contributed by atoms with Crippen LogP contribution in [0.3, 0.4) is 0 Å². The first-order chi connectivity index (χ1) is 8.28. The third-order valence-electron chi connectivity index (χ3n) is 5.16. The number of rotatable bonds is 0. The van der Waals surface area contributed by atoms with Gasteiger partial charge in [-0.1, -0.05) is 6.42 Å². The highest BCUT2D eigenvalue weighted by Crippen LogP contribution is 2.70. The van der Waals surface area contributed by atoms with E-state index in [1.54, 1.807) is 4.90 Å². The highest BCUT2D eigenvalue weighted by Gasteiger charge is 2.71. The monoisotopic (exact) mass is 253 g/mol. The first kappa shape index (κ1) is 12.3. The number of aliphatic hydroxyl groups is 1. The van der Waals surface area contributed by atoms with Crippen LogP contribution in [0.1, 0.15) is 46.5 Å². The van der Waals surface area contributed by atoms with Crippen LogP contribution in [-0.4, -0.2) is 40.9 Å². The van der Waals surface area contributed by atoms with Crippen LogP contribution >= 0.6 is 0 Å².